The van der Waals surface area contributed by atoms with E-state index in [0.717, 1.165) is 5.96 Å². The summed E-state index contributed by atoms with van der Waals surface area (Å²) < 4.78 is 0. The Labute approximate surface area is 82.7 Å². The van der Waals surface area contributed by atoms with Crippen molar-refractivity contribution in [3.05, 3.63) is 0 Å². The number of aliphatic imine (C=N–C) groups is 1. The molecule has 1 saturated carbocycles. The number of fused-ring (bicyclic) bond motifs is 1. The summed E-state index contributed by atoms with van der Waals surface area (Å²) >= 11 is 0. The topological polar surface area (TPSA) is 62.4 Å². The third-order valence-corrected chi connectivity index (χ3v) is 2.48. The smallest absolute Gasteiger partial charge is 0.206 e. The maximum atomic E-state index is 5.24. The van der Waals surface area contributed by atoms with Gasteiger partial charge in [0.05, 0.1) is 12.1 Å². The maximum Gasteiger partial charge on any atom is 0.206 e. The Morgan fingerprint density at radius 2 is 2.17 bits per heavy atom. The predicted molar refractivity (Wildman–Crippen MR) is 54.3 cm³/mol. The molecule has 2 rings (SSSR count). The lowest BCUT2D eigenvalue weighted by molar-refractivity contribution is 0.384. The number of halogens is 1. The van der Waals surface area contributed by atoms with Crippen LogP contribution in [0.3, 0.4) is 0 Å². The van der Waals surface area contributed by atoms with Crippen LogP contribution in [0, 0.1) is 0 Å². The first-order valence-corrected chi connectivity index (χ1v) is 4.21. The third kappa shape index (κ3) is 1.72. The zero-order valence-electron chi connectivity index (χ0n) is 6.92. The van der Waals surface area contributed by atoms with Crippen LogP contribution in [0.1, 0.15) is 25.7 Å². The summed E-state index contributed by atoms with van der Waals surface area (Å²) in [5, 5.41) is 3.26. The Bertz CT molecular complexity index is 182. The van der Waals surface area contributed by atoms with Gasteiger partial charge >= 0.3 is 0 Å². The Kier molecular flexibility index (Phi) is 3.34. The van der Waals surface area contributed by atoms with E-state index >= 15 is 0 Å². The molecule has 2 atom stereocenters. The van der Waals surface area contributed by atoms with Gasteiger partial charge in [0, 0.05) is 0 Å². The molecule has 1 aliphatic carbocycles. The highest BCUT2D eigenvalue weighted by molar-refractivity contribution is 8.93. The van der Waals surface area contributed by atoms with Crippen molar-refractivity contribution in [3.8, 4) is 0 Å². The summed E-state index contributed by atoms with van der Waals surface area (Å²) in [4.78, 5) is 4.40. The normalized spacial score (nSPS) is 32.6. The van der Waals surface area contributed by atoms with Gasteiger partial charge in [0.1, 0.15) is 0 Å². The van der Waals surface area contributed by atoms with E-state index in [9.17, 15) is 0 Å². The minimum absolute atomic E-state index is 0. The first-order chi connectivity index (χ1) is 5.40. The maximum absolute atomic E-state index is 5.24. The van der Waals surface area contributed by atoms with E-state index in [-0.39, 0.29) is 17.0 Å². The molecule has 0 aromatic rings. The van der Waals surface area contributed by atoms with Gasteiger partial charge in [-0.2, -0.15) is 0 Å². The van der Waals surface area contributed by atoms with Crippen LogP contribution in [0.4, 0.5) is 0 Å². The van der Waals surface area contributed by atoms with Crippen LogP contribution in [0.5, 0.6) is 0 Å². The summed E-state index contributed by atoms with van der Waals surface area (Å²) in [6, 6.07) is 1.03. The second kappa shape index (κ2) is 4.09. The minimum Gasteiger partial charge on any atom is -0.350 e. The van der Waals surface area contributed by atoms with E-state index < -0.39 is 0 Å². The molecule has 0 bridgehead atoms. The molecule has 0 amide bonds. The number of nitrogens with zero attached hydrogens (tertiary/aromatic N) is 1. The molecule has 5 heteroatoms. The van der Waals surface area contributed by atoms with Gasteiger partial charge < -0.3 is 5.32 Å². The predicted octanol–water partition coefficient (Wildman–Crippen LogP) is 0.298. The quantitative estimate of drug-likeness (QED) is 0.418. The number of nitrogens with two attached hydrogens (primary N) is 1. The number of nitrogens with one attached hydrogen (secondary N) is 2. The van der Waals surface area contributed by atoms with Gasteiger partial charge in [-0.1, -0.05) is 12.8 Å². The summed E-state index contributed by atoms with van der Waals surface area (Å²) in [6.45, 7) is 0. The van der Waals surface area contributed by atoms with Crippen LogP contribution < -0.4 is 16.6 Å². The lowest BCUT2D eigenvalue weighted by Gasteiger charge is -2.22. The van der Waals surface area contributed by atoms with Crippen LogP contribution in [0.2, 0.25) is 0 Å². The fourth-order valence-corrected chi connectivity index (χ4v) is 1.89. The second-order valence-corrected chi connectivity index (χ2v) is 3.22. The largest absolute Gasteiger partial charge is 0.350 e. The van der Waals surface area contributed by atoms with Crippen LogP contribution in [-0.4, -0.2) is 18.0 Å². The van der Waals surface area contributed by atoms with Crippen LogP contribution in [0.15, 0.2) is 4.99 Å². The molecule has 4 N–H and O–H groups in total. The zero-order valence-corrected chi connectivity index (χ0v) is 8.63. The Balaban J connectivity index is 0.000000720. The first-order valence-electron chi connectivity index (χ1n) is 4.21. The summed E-state index contributed by atoms with van der Waals surface area (Å²) in [6.07, 6.45) is 5.08. The van der Waals surface area contributed by atoms with Gasteiger partial charge in [-0.05, 0) is 12.8 Å². The number of guanidine groups is 1. The number of hydrogen-bond donors (Lipinski definition) is 3. The Hall–Kier alpha value is -0.290. The summed E-state index contributed by atoms with van der Waals surface area (Å²) in [7, 11) is 0. The van der Waals surface area contributed by atoms with Crippen molar-refractivity contribution in [2.24, 2.45) is 10.8 Å². The van der Waals surface area contributed by atoms with Crippen molar-refractivity contribution in [2.75, 3.05) is 0 Å². The zero-order chi connectivity index (χ0) is 7.68. The third-order valence-electron chi connectivity index (χ3n) is 2.48. The van der Waals surface area contributed by atoms with E-state index in [2.05, 4.69) is 15.7 Å². The number of hydrazine groups is 1. The van der Waals surface area contributed by atoms with Gasteiger partial charge in [-0.15, -0.1) is 17.0 Å². The van der Waals surface area contributed by atoms with Crippen molar-refractivity contribution >= 4 is 22.9 Å². The highest BCUT2D eigenvalue weighted by Crippen LogP contribution is 2.23. The molecule has 1 fully saturated rings. The molecule has 4 nitrogen and oxygen atoms in total. The van der Waals surface area contributed by atoms with Gasteiger partial charge in [-0.25, -0.2) is 10.8 Å². The van der Waals surface area contributed by atoms with Gasteiger partial charge in [0.15, 0.2) is 0 Å². The standard InChI is InChI=1S/C7H14N4.BrH/c8-11-7-9-5-3-1-2-4-6(5)10-7;/h5-6H,1-4,8H2,(H2,9,10,11);1H. The van der Waals surface area contributed by atoms with Crippen LogP contribution >= 0.6 is 17.0 Å². The lowest BCUT2D eigenvalue weighted by atomic mass is 9.92. The molecular formula is C7H15BrN4. The molecule has 2 unspecified atom stereocenters. The average Bonchev–Trinajstić information content (AvgIpc) is 2.46. The lowest BCUT2D eigenvalue weighted by Crippen LogP contribution is -2.44. The molecule has 0 aromatic heterocycles. The first kappa shape index (κ1) is 9.80. The summed E-state index contributed by atoms with van der Waals surface area (Å²) in [5.41, 5.74) is 2.56. The molecule has 1 aliphatic heterocycles. The average molecular weight is 235 g/mol. The van der Waals surface area contributed by atoms with E-state index in [1.54, 1.807) is 0 Å². The van der Waals surface area contributed by atoms with Gasteiger partial charge in [-0.3, -0.25) is 5.43 Å². The number of rotatable bonds is 0. The summed E-state index contributed by atoms with van der Waals surface area (Å²) in [5.74, 6) is 6.01. The van der Waals surface area contributed by atoms with E-state index in [0.29, 0.717) is 12.1 Å². The molecule has 0 aromatic carbocycles. The number of hydrogen-bond acceptors (Lipinski definition) is 4. The van der Waals surface area contributed by atoms with Crippen LogP contribution in [-0.2, 0) is 0 Å². The Morgan fingerprint density at radius 3 is 2.83 bits per heavy atom. The molecule has 70 valence electrons. The minimum atomic E-state index is 0. The van der Waals surface area contributed by atoms with Crippen molar-refractivity contribution in [1.82, 2.24) is 10.7 Å². The van der Waals surface area contributed by atoms with Crippen molar-refractivity contribution < 1.29 is 0 Å². The van der Waals surface area contributed by atoms with E-state index in [4.69, 9.17) is 5.84 Å². The van der Waals surface area contributed by atoms with Crippen molar-refractivity contribution in [2.45, 2.75) is 37.8 Å². The molecule has 0 spiro atoms. The van der Waals surface area contributed by atoms with E-state index in [1.807, 2.05) is 0 Å². The monoisotopic (exact) mass is 234 g/mol. The Morgan fingerprint density at radius 1 is 1.42 bits per heavy atom. The molecular weight excluding hydrogens is 220 g/mol. The molecule has 12 heavy (non-hydrogen) atoms. The van der Waals surface area contributed by atoms with Gasteiger partial charge in [0.25, 0.3) is 0 Å². The molecule has 0 radical (unpaired) electrons. The molecule has 0 saturated heterocycles. The highest BCUT2D eigenvalue weighted by atomic mass is 79.9. The SMILES string of the molecule is Br.NNC1=NC2CCCCC2N1. The fourth-order valence-electron chi connectivity index (χ4n) is 1.89. The van der Waals surface area contributed by atoms with E-state index in [1.165, 1.54) is 25.7 Å². The molecule has 1 heterocycles. The van der Waals surface area contributed by atoms with Crippen molar-refractivity contribution in [1.29, 1.82) is 0 Å². The molecule has 2 aliphatic rings. The van der Waals surface area contributed by atoms with Crippen molar-refractivity contribution in [3.63, 3.8) is 0 Å². The highest BCUT2D eigenvalue weighted by Gasteiger charge is 2.30. The fraction of sp³-hybridized carbons (Fsp3) is 0.857. The van der Waals surface area contributed by atoms with Gasteiger partial charge in [0.2, 0.25) is 5.96 Å². The van der Waals surface area contributed by atoms with Crippen LogP contribution in [0.25, 0.3) is 0 Å². The second-order valence-electron chi connectivity index (χ2n) is 3.22.